The van der Waals surface area contributed by atoms with Crippen molar-refractivity contribution in [2.75, 3.05) is 5.32 Å². The molecule has 3 N–H and O–H groups in total. The Morgan fingerprint density at radius 1 is 1.29 bits per heavy atom. The maximum atomic E-state index is 16.0. The van der Waals surface area contributed by atoms with Gasteiger partial charge in [0.25, 0.3) is 0 Å². The number of rotatable bonds is 5. The van der Waals surface area contributed by atoms with Crippen molar-refractivity contribution in [2.45, 2.75) is 31.7 Å². The van der Waals surface area contributed by atoms with Crippen molar-refractivity contribution in [1.29, 1.82) is 5.26 Å². The van der Waals surface area contributed by atoms with Crippen molar-refractivity contribution >= 4 is 22.8 Å². The number of nitrogens with one attached hydrogen (secondary N) is 2. The second kappa shape index (κ2) is 8.20. The van der Waals surface area contributed by atoms with Gasteiger partial charge < -0.3 is 19.8 Å². The molecule has 3 aliphatic carbocycles. The molecule has 10 heteroatoms. The van der Waals surface area contributed by atoms with Crippen LogP contribution in [0.15, 0.2) is 41.5 Å². The van der Waals surface area contributed by atoms with Crippen LogP contribution in [0.25, 0.3) is 33.6 Å². The molecular formula is C25H21FN6O3. The van der Waals surface area contributed by atoms with E-state index in [9.17, 15) is 15.2 Å². The lowest BCUT2D eigenvalue weighted by Gasteiger charge is -2.47. The number of aliphatic carboxylic acids is 1. The van der Waals surface area contributed by atoms with E-state index >= 15 is 4.39 Å². The number of fused-ring (bicyclic) bond motifs is 4. The Morgan fingerprint density at radius 2 is 2.09 bits per heavy atom. The normalized spacial score (nSPS) is 23.3. The van der Waals surface area contributed by atoms with Gasteiger partial charge in [0, 0.05) is 29.4 Å². The van der Waals surface area contributed by atoms with Crippen LogP contribution in [0.1, 0.15) is 31.2 Å². The molecule has 3 aliphatic rings. The Hall–Kier alpha value is -4.26. The summed E-state index contributed by atoms with van der Waals surface area (Å²) in [6, 6.07) is 4.82. The topological polar surface area (TPSA) is 141 Å². The number of aromatic nitrogens is 4. The summed E-state index contributed by atoms with van der Waals surface area (Å²) >= 11 is 0. The maximum Gasteiger partial charge on any atom is 0.308 e. The molecule has 0 aromatic carbocycles. The quantitative estimate of drug-likeness (QED) is 0.383. The molecule has 2 unspecified atom stereocenters. The standard InChI is InChI=1S/C25H21FN6O3/c26-20-19(17-2-1-7-35-17)14(8-27)22(15-10-29-23-16(15)9-28-11-30-23)32-24(20)31-21-13-5-3-12(4-6-13)18(21)25(33)34/h1-2,7,9-13,18,21H,3-6H2,(H,31,32)(H,33,34)(H,28,29,30). The minimum absolute atomic E-state index is 0.00713. The lowest BCUT2D eigenvalue weighted by Crippen LogP contribution is -2.51. The number of aromatic amines is 1. The first-order valence-electron chi connectivity index (χ1n) is 11.5. The number of anilines is 1. The molecule has 2 atom stereocenters. The van der Waals surface area contributed by atoms with E-state index in [0.29, 0.717) is 16.6 Å². The zero-order chi connectivity index (χ0) is 24.1. The molecule has 35 heavy (non-hydrogen) atoms. The molecule has 2 bridgehead atoms. The minimum Gasteiger partial charge on any atom is -0.481 e. The number of hydrogen-bond acceptors (Lipinski definition) is 7. The van der Waals surface area contributed by atoms with Crippen molar-refractivity contribution in [2.24, 2.45) is 17.8 Å². The summed E-state index contributed by atoms with van der Waals surface area (Å²) in [6.45, 7) is 0. The van der Waals surface area contributed by atoms with Gasteiger partial charge in [-0.3, -0.25) is 4.79 Å². The molecule has 9 nitrogen and oxygen atoms in total. The molecular weight excluding hydrogens is 451 g/mol. The van der Waals surface area contributed by atoms with Gasteiger partial charge in [0.1, 0.15) is 23.8 Å². The third-order valence-electron chi connectivity index (χ3n) is 7.44. The first-order valence-corrected chi connectivity index (χ1v) is 11.5. The third-order valence-corrected chi connectivity index (χ3v) is 7.44. The number of carboxylic acids is 1. The Morgan fingerprint density at radius 3 is 2.80 bits per heavy atom. The molecule has 176 valence electrons. The number of hydrogen-bond donors (Lipinski definition) is 3. The Labute approximate surface area is 199 Å². The summed E-state index contributed by atoms with van der Waals surface area (Å²) in [5.74, 6) is -2.02. The Balaban J connectivity index is 1.55. The molecule has 4 aromatic rings. The summed E-state index contributed by atoms with van der Waals surface area (Å²) in [7, 11) is 0. The number of nitrogens with zero attached hydrogens (tertiary/aromatic N) is 4. The van der Waals surface area contributed by atoms with E-state index in [1.54, 1.807) is 24.5 Å². The van der Waals surface area contributed by atoms with Gasteiger partial charge in [0.2, 0.25) is 0 Å². The highest BCUT2D eigenvalue weighted by Gasteiger charge is 2.47. The van der Waals surface area contributed by atoms with E-state index in [1.807, 2.05) is 0 Å². The second-order valence-electron chi connectivity index (χ2n) is 9.16. The van der Waals surface area contributed by atoms with Crippen LogP contribution in [0.2, 0.25) is 0 Å². The smallest absolute Gasteiger partial charge is 0.308 e. The van der Waals surface area contributed by atoms with Crippen molar-refractivity contribution in [3.05, 3.63) is 48.5 Å². The van der Waals surface area contributed by atoms with Crippen molar-refractivity contribution in [1.82, 2.24) is 19.9 Å². The number of halogens is 1. The number of H-pyrrole nitrogens is 1. The van der Waals surface area contributed by atoms with Gasteiger partial charge in [0.15, 0.2) is 11.6 Å². The zero-order valence-corrected chi connectivity index (χ0v) is 18.5. The van der Waals surface area contributed by atoms with E-state index < -0.39 is 23.7 Å². The molecule has 0 amide bonds. The number of pyridine rings is 1. The highest BCUT2D eigenvalue weighted by molar-refractivity contribution is 5.95. The van der Waals surface area contributed by atoms with Crippen LogP contribution in [0.3, 0.4) is 0 Å². The maximum absolute atomic E-state index is 16.0. The predicted molar refractivity (Wildman–Crippen MR) is 123 cm³/mol. The van der Waals surface area contributed by atoms with Crippen molar-refractivity contribution < 1.29 is 18.7 Å². The fourth-order valence-corrected chi connectivity index (χ4v) is 5.84. The summed E-state index contributed by atoms with van der Waals surface area (Å²) in [5.41, 5.74) is 1.30. The molecule has 4 aromatic heterocycles. The van der Waals surface area contributed by atoms with Gasteiger partial charge in [-0.15, -0.1) is 0 Å². The summed E-state index contributed by atoms with van der Waals surface area (Å²) in [4.78, 5) is 28.0. The molecule has 0 radical (unpaired) electrons. The number of nitriles is 1. The van der Waals surface area contributed by atoms with Gasteiger partial charge in [-0.2, -0.15) is 5.26 Å². The summed E-state index contributed by atoms with van der Waals surface area (Å²) < 4.78 is 21.5. The van der Waals surface area contributed by atoms with E-state index in [4.69, 9.17) is 4.42 Å². The Bertz CT molecular complexity index is 1470. The van der Waals surface area contributed by atoms with Crippen LogP contribution in [-0.2, 0) is 4.79 Å². The largest absolute Gasteiger partial charge is 0.481 e. The van der Waals surface area contributed by atoms with Crippen molar-refractivity contribution in [3.8, 4) is 28.7 Å². The number of carbonyl (C=O) groups is 1. The van der Waals surface area contributed by atoms with Gasteiger partial charge >= 0.3 is 5.97 Å². The minimum atomic E-state index is -0.883. The molecule has 7 rings (SSSR count). The molecule has 3 fully saturated rings. The monoisotopic (exact) mass is 472 g/mol. The molecule has 0 saturated heterocycles. The van der Waals surface area contributed by atoms with E-state index in [-0.39, 0.29) is 40.2 Å². The van der Waals surface area contributed by atoms with Crippen LogP contribution < -0.4 is 5.32 Å². The van der Waals surface area contributed by atoms with Crippen LogP contribution in [0.4, 0.5) is 10.2 Å². The van der Waals surface area contributed by atoms with Gasteiger partial charge in [-0.25, -0.2) is 19.3 Å². The molecule has 0 aliphatic heterocycles. The SMILES string of the molecule is N#Cc1c(-c2c[nH]c3ncncc23)nc(NC2C3CCC(CC3)C2C(=O)O)c(F)c1-c1ccco1. The van der Waals surface area contributed by atoms with E-state index in [2.05, 4.69) is 31.3 Å². The fraction of sp³-hybridized carbons (Fsp3) is 0.320. The fourth-order valence-electron chi connectivity index (χ4n) is 5.84. The average molecular weight is 472 g/mol. The first-order chi connectivity index (χ1) is 17.1. The van der Waals surface area contributed by atoms with Gasteiger partial charge in [-0.05, 0) is 49.7 Å². The zero-order valence-electron chi connectivity index (χ0n) is 18.5. The lowest BCUT2D eigenvalue weighted by atomic mass is 9.61. The van der Waals surface area contributed by atoms with E-state index in [0.717, 1.165) is 25.7 Å². The van der Waals surface area contributed by atoms with Crippen LogP contribution >= 0.6 is 0 Å². The number of furan rings is 1. The third kappa shape index (κ3) is 3.34. The lowest BCUT2D eigenvalue weighted by molar-refractivity contribution is -0.148. The first kappa shape index (κ1) is 21.3. The average Bonchev–Trinajstić information content (AvgIpc) is 3.55. The molecule has 3 saturated carbocycles. The molecule has 0 spiro atoms. The van der Waals surface area contributed by atoms with Crippen molar-refractivity contribution in [3.63, 3.8) is 0 Å². The molecule has 4 heterocycles. The summed E-state index contributed by atoms with van der Waals surface area (Å²) in [5, 5.41) is 23.8. The van der Waals surface area contributed by atoms with Gasteiger partial charge in [-0.1, -0.05) is 0 Å². The Kier molecular flexibility index (Phi) is 4.99. The van der Waals surface area contributed by atoms with Crippen LogP contribution in [0, 0.1) is 34.9 Å². The highest BCUT2D eigenvalue weighted by atomic mass is 19.1. The second-order valence-corrected chi connectivity index (χ2v) is 9.16. The van der Waals surface area contributed by atoms with E-state index in [1.165, 1.54) is 12.6 Å². The predicted octanol–water partition coefficient (Wildman–Crippen LogP) is 4.59. The highest BCUT2D eigenvalue weighted by Crippen LogP contribution is 2.47. The summed E-state index contributed by atoms with van der Waals surface area (Å²) in [6.07, 6.45) is 9.56. The van der Waals surface area contributed by atoms with Crippen LogP contribution in [0.5, 0.6) is 0 Å². The number of carboxylic acid groups (broad SMARTS) is 1. The van der Waals surface area contributed by atoms with Gasteiger partial charge in [0.05, 0.1) is 29.0 Å². The van der Waals surface area contributed by atoms with Crippen LogP contribution in [-0.4, -0.2) is 37.1 Å².